The van der Waals surface area contributed by atoms with Gasteiger partial charge in [-0.05, 0) is 54.1 Å². The van der Waals surface area contributed by atoms with Crippen LogP contribution < -0.4 is 10.1 Å². The molecular weight excluding hydrogens is 344 g/mol. The molecule has 0 bridgehead atoms. The van der Waals surface area contributed by atoms with Gasteiger partial charge in [-0.1, -0.05) is 23.8 Å². The summed E-state index contributed by atoms with van der Waals surface area (Å²) in [6.07, 6.45) is 1.50. The number of ether oxygens (including phenoxy) is 1. The van der Waals surface area contributed by atoms with E-state index in [4.69, 9.17) is 4.74 Å². The standard InChI is InChI=1S/C19H22N6O2/c1-14-4-8-17(9-5-14)27-11-10-24(3)19(26)21-18-12-16(7-6-15(18)2)25-13-20-22-23-25/h4-9,12-13H,10-11H2,1-3H3,(H,21,26). The summed E-state index contributed by atoms with van der Waals surface area (Å²) in [5.41, 5.74) is 3.60. The highest BCUT2D eigenvalue weighted by molar-refractivity contribution is 5.90. The fourth-order valence-electron chi connectivity index (χ4n) is 2.41. The van der Waals surface area contributed by atoms with Crippen LogP contribution in [0, 0.1) is 13.8 Å². The zero-order chi connectivity index (χ0) is 19.2. The summed E-state index contributed by atoms with van der Waals surface area (Å²) in [4.78, 5) is 14.0. The van der Waals surface area contributed by atoms with E-state index in [9.17, 15) is 4.79 Å². The minimum absolute atomic E-state index is 0.209. The highest BCUT2D eigenvalue weighted by Crippen LogP contribution is 2.19. The summed E-state index contributed by atoms with van der Waals surface area (Å²) >= 11 is 0. The molecule has 140 valence electrons. The average Bonchev–Trinajstić information content (AvgIpc) is 3.19. The number of nitrogens with zero attached hydrogens (tertiary/aromatic N) is 5. The molecule has 3 aromatic rings. The van der Waals surface area contributed by atoms with Gasteiger partial charge < -0.3 is 15.0 Å². The zero-order valence-electron chi connectivity index (χ0n) is 15.6. The third-order valence-corrected chi connectivity index (χ3v) is 4.14. The van der Waals surface area contributed by atoms with E-state index >= 15 is 0 Å². The molecule has 2 amide bonds. The molecule has 0 saturated heterocycles. The lowest BCUT2D eigenvalue weighted by Crippen LogP contribution is -2.34. The quantitative estimate of drug-likeness (QED) is 0.725. The molecule has 0 fully saturated rings. The minimum atomic E-state index is -0.209. The SMILES string of the molecule is Cc1ccc(OCCN(C)C(=O)Nc2cc(-n3cnnn3)ccc2C)cc1. The molecule has 2 aromatic carbocycles. The maximum atomic E-state index is 12.5. The average molecular weight is 366 g/mol. The summed E-state index contributed by atoms with van der Waals surface area (Å²) < 4.78 is 7.21. The number of nitrogens with one attached hydrogen (secondary N) is 1. The number of aromatic nitrogens is 4. The first-order valence-electron chi connectivity index (χ1n) is 8.58. The first-order valence-corrected chi connectivity index (χ1v) is 8.58. The summed E-state index contributed by atoms with van der Waals surface area (Å²) in [5.74, 6) is 0.791. The van der Waals surface area contributed by atoms with Gasteiger partial charge in [0, 0.05) is 12.7 Å². The Morgan fingerprint density at radius 2 is 1.96 bits per heavy atom. The Kier molecular flexibility index (Phi) is 5.65. The fraction of sp³-hybridized carbons (Fsp3) is 0.263. The van der Waals surface area contributed by atoms with E-state index in [1.54, 1.807) is 11.9 Å². The van der Waals surface area contributed by atoms with Gasteiger partial charge >= 0.3 is 6.03 Å². The van der Waals surface area contributed by atoms with Crippen molar-refractivity contribution >= 4 is 11.7 Å². The van der Waals surface area contributed by atoms with Crippen LogP contribution in [0.25, 0.3) is 5.69 Å². The van der Waals surface area contributed by atoms with Gasteiger partial charge in [-0.3, -0.25) is 0 Å². The number of hydrogen-bond donors (Lipinski definition) is 1. The number of urea groups is 1. The van der Waals surface area contributed by atoms with Crippen LogP contribution in [0.2, 0.25) is 0 Å². The minimum Gasteiger partial charge on any atom is -0.492 e. The largest absolute Gasteiger partial charge is 0.492 e. The van der Waals surface area contributed by atoms with Crippen molar-refractivity contribution in [2.24, 2.45) is 0 Å². The molecule has 0 atom stereocenters. The molecule has 0 aliphatic carbocycles. The summed E-state index contributed by atoms with van der Waals surface area (Å²) in [7, 11) is 1.73. The van der Waals surface area contributed by atoms with Crippen LogP contribution in [0.3, 0.4) is 0 Å². The van der Waals surface area contributed by atoms with Crippen molar-refractivity contribution in [1.29, 1.82) is 0 Å². The molecule has 0 radical (unpaired) electrons. The maximum absolute atomic E-state index is 12.5. The number of carbonyl (C=O) groups excluding carboxylic acids is 1. The molecule has 1 heterocycles. The molecule has 1 aromatic heterocycles. The Balaban J connectivity index is 1.56. The van der Waals surface area contributed by atoms with E-state index in [1.807, 2.05) is 56.3 Å². The Morgan fingerprint density at radius 1 is 1.19 bits per heavy atom. The molecule has 0 unspecified atom stereocenters. The molecule has 3 rings (SSSR count). The number of amides is 2. The summed E-state index contributed by atoms with van der Waals surface area (Å²) in [5, 5.41) is 14.0. The van der Waals surface area contributed by atoms with E-state index in [0.29, 0.717) is 18.8 Å². The second kappa shape index (κ2) is 8.31. The van der Waals surface area contributed by atoms with Crippen molar-refractivity contribution in [3.63, 3.8) is 0 Å². The number of rotatable bonds is 6. The molecule has 8 heteroatoms. The predicted molar refractivity (Wildman–Crippen MR) is 102 cm³/mol. The highest BCUT2D eigenvalue weighted by atomic mass is 16.5. The number of anilines is 1. The number of tetrazole rings is 1. The first-order chi connectivity index (χ1) is 13.0. The van der Waals surface area contributed by atoms with E-state index in [0.717, 1.165) is 17.0 Å². The van der Waals surface area contributed by atoms with Gasteiger partial charge in [-0.25, -0.2) is 9.48 Å². The number of carbonyl (C=O) groups is 1. The van der Waals surface area contributed by atoms with Gasteiger partial charge in [-0.15, -0.1) is 5.10 Å². The highest BCUT2D eigenvalue weighted by Gasteiger charge is 2.11. The van der Waals surface area contributed by atoms with Gasteiger partial charge in [0.05, 0.1) is 12.2 Å². The molecule has 0 aliphatic rings. The smallest absolute Gasteiger partial charge is 0.321 e. The number of aryl methyl sites for hydroxylation is 2. The number of benzene rings is 2. The van der Waals surface area contributed by atoms with Crippen LogP contribution in [-0.4, -0.2) is 51.3 Å². The Morgan fingerprint density at radius 3 is 2.67 bits per heavy atom. The topological polar surface area (TPSA) is 85.2 Å². The van der Waals surface area contributed by atoms with Crippen molar-refractivity contribution in [3.05, 3.63) is 59.9 Å². The lowest BCUT2D eigenvalue weighted by atomic mass is 10.2. The summed E-state index contributed by atoms with van der Waals surface area (Å²) in [6.45, 7) is 4.83. The van der Waals surface area contributed by atoms with Gasteiger partial charge in [0.1, 0.15) is 18.7 Å². The lowest BCUT2D eigenvalue weighted by molar-refractivity contribution is 0.207. The second-order valence-electron chi connectivity index (χ2n) is 6.27. The summed E-state index contributed by atoms with van der Waals surface area (Å²) in [6, 6.07) is 13.2. The fourth-order valence-corrected chi connectivity index (χ4v) is 2.41. The van der Waals surface area contributed by atoms with Gasteiger partial charge in [0.25, 0.3) is 0 Å². The zero-order valence-corrected chi connectivity index (χ0v) is 15.6. The van der Waals surface area contributed by atoms with Crippen LogP contribution >= 0.6 is 0 Å². The number of hydrogen-bond acceptors (Lipinski definition) is 5. The molecule has 1 N–H and O–H groups in total. The van der Waals surface area contributed by atoms with Crippen molar-refractivity contribution in [2.75, 3.05) is 25.5 Å². The van der Waals surface area contributed by atoms with Crippen molar-refractivity contribution in [2.45, 2.75) is 13.8 Å². The first kappa shape index (κ1) is 18.4. The predicted octanol–water partition coefficient (Wildman–Crippen LogP) is 2.82. The maximum Gasteiger partial charge on any atom is 0.321 e. The van der Waals surface area contributed by atoms with Gasteiger partial charge in [0.15, 0.2) is 0 Å². The van der Waals surface area contributed by atoms with Gasteiger partial charge in [-0.2, -0.15) is 0 Å². The monoisotopic (exact) mass is 366 g/mol. The van der Waals surface area contributed by atoms with Gasteiger partial charge in [0.2, 0.25) is 0 Å². The van der Waals surface area contributed by atoms with Crippen LogP contribution in [-0.2, 0) is 0 Å². The Bertz CT molecular complexity index is 893. The lowest BCUT2D eigenvalue weighted by Gasteiger charge is -2.19. The van der Waals surface area contributed by atoms with Crippen LogP contribution in [0.1, 0.15) is 11.1 Å². The third-order valence-electron chi connectivity index (χ3n) is 4.14. The molecule has 8 nitrogen and oxygen atoms in total. The second-order valence-corrected chi connectivity index (χ2v) is 6.27. The Labute approximate surface area is 157 Å². The van der Waals surface area contributed by atoms with E-state index in [2.05, 4.69) is 20.8 Å². The molecule has 0 spiro atoms. The van der Waals surface area contributed by atoms with E-state index < -0.39 is 0 Å². The normalized spacial score (nSPS) is 10.5. The van der Waals surface area contributed by atoms with Crippen LogP contribution in [0.5, 0.6) is 5.75 Å². The van der Waals surface area contributed by atoms with Crippen molar-refractivity contribution in [3.8, 4) is 11.4 Å². The molecule has 27 heavy (non-hydrogen) atoms. The molecule has 0 saturated carbocycles. The molecular formula is C19H22N6O2. The molecule has 0 aliphatic heterocycles. The Hall–Kier alpha value is -3.42. The van der Waals surface area contributed by atoms with E-state index in [1.165, 1.54) is 16.6 Å². The van der Waals surface area contributed by atoms with E-state index in [-0.39, 0.29) is 6.03 Å². The van der Waals surface area contributed by atoms with Crippen LogP contribution in [0.4, 0.5) is 10.5 Å². The van der Waals surface area contributed by atoms with Crippen molar-refractivity contribution in [1.82, 2.24) is 25.1 Å². The number of likely N-dealkylation sites (N-methyl/N-ethyl adjacent to an activating group) is 1. The third kappa shape index (κ3) is 4.81. The van der Waals surface area contributed by atoms with Crippen LogP contribution in [0.15, 0.2) is 48.8 Å². The van der Waals surface area contributed by atoms with Crippen molar-refractivity contribution < 1.29 is 9.53 Å².